The maximum atomic E-state index is 12.8. The van der Waals surface area contributed by atoms with Gasteiger partial charge in [-0.05, 0) is 55.7 Å². The van der Waals surface area contributed by atoms with Crippen molar-refractivity contribution in [1.82, 2.24) is 10.5 Å². The molecule has 0 aliphatic rings. The molecule has 0 aliphatic carbocycles. The first kappa shape index (κ1) is 20.5. The largest absolute Gasteiger partial charge is 0.362 e. The molecule has 0 spiro atoms. The lowest BCUT2D eigenvalue weighted by Gasteiger charge is -2.06. The van der Waals surface area contributed by atoms with Gasteiger partial charge in [-0.15, -0.1) is 0 Å². The predicted molar refractivity (Wildman–Crippen MR) is 108 cm³/mol. The van der Waals surface area contributed by atoms with E-state index in [1.54, 1.807) is 0 Å². The number of fused-ring (bicyclic) bond motifs is 1. The van der Waals surface area contributed by atoms with Crippen molar-refractivity contribution in [1.29, 1.82) is 0 Å². The van der Waals surface area contributed by atoms with Crippen LogP contribution < -0.4 is 5.48 Å². The average Bonchev–Trinajstić information content (AvgIpc) is 2.75. The van der Waals surface area contributed by atoms with Crippen LogP contribution in [0.3, 0.4) is 0 Å². The molecule has 5 nitrogen and oxygen atoms in total. The molecular formula is C23H23FN2O3. The van der Waals surface area contributed by atoms with E-state index < -0.39 is 11.8 Å². The van der Waals surface area contributed by atoms with Crippen LogP contribution in [0.5, 0.6) is 0 Å². The molecule has 0 bridgehead atoms. The number of pyridine rings is 1. The van der Waals surface area contributed by atoms with E-state index in [1.807, 2.05) is 24.3 Å². The van der Waals surface area contributed by atoms with E-state index >= 15 is 0 Å². The second-order valence-corrected chi connectivity index (χ2v) is 6.83. The van der Waals surface area contributed by atoms with Gasteiger partial charge >= 0.3 is 5.97 Å². The zero-order valence-corrected chi connectivity index (χ0v) is 16.1. The number of hydrogen-bond acceptors (Lipinski definition) is 4. The number of nitrogens with one attached hydrogen (secondary N) is 1. The van der Waals surface area contributed by atoms with E-state index in [0.717, 1.165) is 54.4 Å². The quantitative estimate of drug-likeness (QED) is 0.442. The first-order valence-corrected chi connectivity index (χ1v) is 9.72. The zero-order chi connectivity index (χ0) is 20.5. The summed E-state index contributed by atoms with van der Waals surface area (Å²) in [5.74, 6) is -1.51. The molecule has 0 atom stereocenters. The first-order valence-electron chi connectivity index (χ1n) is 9.72. The third-order valence-electron chi connectivity index (χ3n) is 4.58. The number of benzene rings is 2. The van der Waals surface area contributed by atoms with Crippen molar-refractivity contribution in [2.24, 2.45) is 0 Å². The molecule has 1 N–H and O–H groups in total. The highest BCUT2D eigenvalue weighted by atomic mass is 19.1. The second kappa shape index (κ2) is 10.3. The van der Waals surface area contributed by atoms with Gasteiger partial charge in [0.1, 0.15) is 5.82 Å². The fourth-order valence-electron chi connectivity index (χ4n) is 2.99. The number of unbranched alkanes of at least 4 members (excludes halogenated alkanes) is 3. The van der Waals surface area contributed by atoms with Crippen LogP contribution in [0.1, 0.15) is 48.2 Å². The van der Waals surface area contributed by atoms with Crippen LogP contribution in [0.2, 0.25) is 0 Å². The van der Waals surface area contributed by atoms with Crippen molar-refractivity contribution in [3.8, 4) is 0 Å². The van der Waals surface area contributed by atoms with Crippen LogP contribution in [0, 0.1) is 5.82 Å². The maximum absolute atomic E-state index is 12.8. The van der Waals surface area contributed by atoms with Gasteiger partial charge in [-0.2, -0.15) is 5.48 Å². The standard InChI is InChI=1S/C23H23FN2O3/c24-19-14-11-18(12-15-19)23(28)29-26-22(27)10-4-2-1-3-8-20-16-13-17-7-5-6-9-21(17)25-20/h5-7,9,11-16H,1-4,8,10H2,(H,26,27). The SMILES string of the molecule is O=C(CCCCCCc1ccc2ccccc2n1)NOC(=O)c1ccc(F)cc1. The van der Waals surface area contributed by atoms with Gasteiger partial charge in [-0.1, -0.05) is 37.1 Å². The first-order chi connectivity index (χ1) is 14.1. The van der Waals surface area contributed by atoms with Gasteiger partial charge in [0.25, 0.3) is 5.91 Å². The number of nitrogens with zero attached hydrogens (tertiary/aromatic N) is 1. The summed E-state index contributed by atoms with van der Waals surface area (Å²) in [6, 6.07) is 17.1. The third-order valence-corrected chi connectivity index (χ3v) is 4.58. The summed E-state index contributed by atoms with van der Waals surface area (Å²) in [5.41, 5.74) is 4.40. The van der Waals surface area contributed by atoms with E-state index in [0.29, 0.717) is 6.42 Å². The Kier molecular flexibility index (Phi) is 7.28. The Hall–Kier alpha value is -3.28. The fraction of sp³-hybridized carbons (Fsp3) is 0.261. The van der Waals surface area contributed by atoms with Crippen LogP contribution in [0.15, 0.2) is 60.7 Å². The smallest absolute Gasteiger partial charge is 0.335 e. The summed E-state index contributed by atoms with van der Waals surface area (Å²) in [7, 11) is 0. The van der Waals surface area contributed by atoms with Gasteiger partial charge in [0.15, 0.2) is 0 Å². The minimum Gasteiger partial charge on any atom is -0.335 e. The maximum Gasteiger partial charge on any atom is 0.362 e. The van der Waals surface area contributed by atoms with Crippen LogP contribution in [-0.4, -0.2) is 16.9 Å². The Morgan fingerprint density at radius 2 is 1.66 bits per heavy atom. The number of hydroxylamine groups is 1. The molecule has 2 aromatic carbocycles. The van der Waals surface area contributed by atoms with Crippen LogP contribution in [0.25, 0.3) is 10.9 Å². The molecule has 1 aromatic heterocycles. The van der Waals surface area contributed by atoms with Gasteiger partial charge in [-0.25, -0.2) is 9.18 Å². The lowest BCUT2D eigenvalue weighted by atomic mass is 10.1. The normalized spacial score (nSPS) is 10.7. The van der Waals surface area contributed by atoms with Gasteiger partial charge in [0.2, 0.25) is 0 Å². The number of halogens is 1. The fourth-order valence-corrected chi connectivity index (χ4v) is 2.99. The average molecular weight is 394 g/mol. The second-order valence-electron chi connectivity index (χ2n) is 6.83. The number of carbonyl (C=O) groups excluding carboxylic acids is 2. The highest BCUT2D eigenvalue weighted by molar-refractivity contribution is 5.90. The van der Waals surface area contributed by atoms with E-state index in [-0.39, 0.29) is 17.9 Å². The number of para-hydroxylation sites is 1. The number of carbonyl (C=O) groups is 2. The van der Waals surface area contributed by atoms with Crippen molar-refractivity contribution in [3.63, 3.8) is 0 Å². The van der Waals surface area contributed by atoms with Gasteiger partial charge in [0.05, 0.1) is 11.1 Å². The van der Waals surface area contributed by atoms with E-state index in [4.69, 9.17) is 4.84 Å². The van der Waals surface area contributed by atoms with Crippen LogP contribution in [0.4, 0.5) is 4.39 Å². The molecule has 3 rings (SSSR count). The molecule has 0 aliphatic heterocycles. The highest BCUT2D eigenvalue weighted by Crippen LogP contribution is 2.14. The third kappa shape index (κ3) is 6.38. The lowest BCUT2D eigenvalue weighted by molar-refractivity contribution is -0.130. The van der Waals surface area contributed by atoms with Gasteiger partial charge in [0, 0.05) is 17.5 Å². The number of hydrogen-bond donors (Lipinski definition) is 1. The topological polar surface area (TPSA) is 68.3 Å². The van der Waals surface area contributed by atoms with Crippen LogP contribution >= 0.6 is 0 Å². The summed E-state index contributed by atoms with van der Waals surface area (Å²) in [4.78, 5) is 32.9. The molecule has 0 saturated carbocycles. The van der Waals surface area contributed by atoms with Crippen molar-refractivity contribution in [2.75, 3.05) is 0 Å². The Morgan fingerprint density at radius 3 is 2.48 bits per heavy atom. The Morgan fingerprint density at radius 1 is 0.897 bits per heavy atom. The number of aromatic nitrogens is 1. The Labute approximate surface area is 168 Å². The highest BCUT2D eigenvalue weighted by Gasteiger charge is 2.09. The summed E-state index contributed by atoms with van der Waals surface area (Å²) in [6.07, 6.45) is 4.82. The number of aryl methyl sites for hydroxylation is 1. The van der Waals surface area contributed by atoms with E-state index in [9.17, 15) is 14.0 Å². The summed E-state index contributed by atoms with van der Waals surface area (Å²) < 4.78 is 12.8. The predicted octanol–water partition coefficient (Wildman–Crippen LogP) is 4.76. The van der Waals surface area contributed by atoms with E-state index in [2.05, 4.69) is 22.6 Å². The zero-order valence-electron chi connectivity index (χ0n) is 16.1. The Balaban J connectivity index is 1.28. The summed E-state index contributed by atoms with van der Waals surface area (Å²) in [5, 5.41) is 1.14. The molecule has 0 fully saturated rings. The van der Waals surface area contributed by atoms with Crippen molar-refractivity contribution >= 4 is 22.8 Å². The molecule has 1 heterocycles. The van der Waals surface area contributed by atoms with Crippen molar-refractivity contribution < 1.29 is 18.8 Å². The molecule has 1 amide bonds. The summed E-state index contributed by atoms with van der Waals surface area (Å²) >= 11 is 0. The minimum atomic E-state index is -0.721. The molecule has 29 heavy (non-hydrogen) atoms. The Bertz CT molecular complexity index is 973. The molecule has 0 saturated heterocycles. The minimum absolute atomic E-state index is 0.175. The van der Waals surface area contributed by atoms with Crippen molar-refractivity contribution in [2.45, 2.75) is 38.5 Å². The molecule has 0 unspecified atom stereocenters. The number of rotatable bonds is 8. The monoisotopic (exact) mass is 394 g/mol. The van der Waals surface area contributed by atoms with Crippen LogP contribution in [-0.2, 0) is 16.1 Å². The van der Waals surface area contributed by atoms with Crippen molar-refractivity contribution in [3.05, 3.63) is 77.7 Å². The molecule has 0 radical (unpaired) electrons. The van der Waals surface area contributed by atoms with Gasteiger partial charge < -0.3 is 4.84 Å². The summed E-state index contributed by atoms with van der Waals surface area (Å²) in [6.45, 7) is 0. The molecular weight excluding hydrogens is 371 g/mol. The molecule has 3 aromatic rings. The molecule has 6 heteroatoms. The molecule has 150 valence electrons. The lowest BCUT2D eigenvalue weighted by Crippen LogP contribution is -2.26. The number of amides is 1. The van der Waals surface area contributed by atoms with E-state index in [1.165, 1.54) is 12.1 Å². The van der Waals surface area contributed by atoms with Gasteiger partial charge in [-0.3, -0.25) is 9.78 Å².